The van der Waals surface area contributed by atoms with E-state index in [1.54, 1.807) is 40.7 Å². The molecule has 1 heterocycles. The first-order valence-electron chi connectivity index (χ1n) is 8.52. The van der Waals surface area contributed by atoms with Crippen molar-refractivity contribution in [2.75, 3.05) is 29.8 Å². The van der Waals surface area contributed by atoms with Crippen LogP contribution in [0.5, 0.6) is 6.01 Å². The molecule has 0 spiro atoms. The van der Waals surface area contributed by atoms with Gasteiger partial charge in [0, 0.05) is 17.0 Å². The number of thioether (sulfide) groups is 1. The number of nitrogens with zero attached hydrogens (tertiary/aromatic N) is 3. The summed E-state index contributed by atoms with van der Waals surface area (Å²) in [7, 11) is 0. The van der Waals surface area contributed by atoms with E-state index in [4.69, 9.17) is 39.5 Å². The Labute approximate surface area is 187 Å². The second-order valence-electron chi connectivity index (χ2n) is 5.83. The predicted molar refractivity (Wildman–Crippen MR) is 120 cm³/mol. The quantitative estimate of drug-likeness (QED) is 0.363. The van der Waals surface area contributed by atoms with Crippen molar-refractivity contribution in [3.63, 3.8) is 0 Å². The lowest BCUT2D eigenvalue weighted by Gasteiger charge is -2.08. The SMILES string of the molecule is CSCCOc1nc(-c2ccc(Cl)c(Cl)c2)n(-c2ccc(NC(=O)CCl)cc2)n1. The fourth-order valence-electron chi connectivity index (χ4n) is 2.45. The number of benzene rings is 2. The molecule has 0 aliphatic rings. The van der Waals surface area contributed by atoms with E-state index < -0.39 is 0 Å². The lowest BCUT2D eigenvalue weighted by Crippen LogP contribution is -2.12. The zero-order chi connectivity index (χ0) is 20.8. The number of aromatic nitrogens is 3. The van der Waals surface area contributed by atoms with Gasteiger partial charge in [-0.2, -0.15) is 16.7 Å². The highest BCUT2D eigenvalue weighted by Gasteiger charge is 2.16. The number of nitrogens with one attached hydrogen (secondary N) is 1. The van der Waals surface area contributed by atoms with Crippen molar-refractivity contribution in [1.29, 1.82) is 0 Å². The summed E-state index contributed by atoms with van der Waals surface area (Å²) in [5, 5.41) is 8.05. The Balaban J connectivity index is 1.97. The maximum atomic E-state index is 11.5. The van der Waals surface area contributed by atoms with E-state index in [0.717, 1.165) is 17.0 Å². The molecule has 0 saturated carbocycles. The van der Waals surface area contributed by atoms with Crippen LogP contribution >= 0.6 is 46.6 Å². The molecular formula is C19H17Cl3N4O2S. The van der Waals surface area contributed by atoms with Gasteiger partial charge in [0.1, 0.15) is 12.5 Å². The van der Waals surface area contributed by atoms with Crippen LogP contribution in [0.2, 0.25) is 10.0 Å². The summed E-state index contributed by atoms with van der Waals surface area (Å²) in [6, 6.07) is 12.6. The number of anilines is 1. The maximum absolute atomic E-state index is 11.5. The second-order valence-corrected chi connectivity index (χ2v) is 7.90. The zero-order valence-corrected chi connectivity index (χ0v) is 18.4. The Morgan fingerprint density at radius 2 is 1.93 bits per heavy atom. The van der Waals surface area contributed by atoms with Gasteiger partial charge in [-0.05, 0) is 48.7 Å². The standard InChI is InChI=1S/C19H17Cl3N4O2S/c1-29-9-8-28-19-24-18(12-2-7-15(21)16(22)10-12)26(25-19)14-5-3-13(4-6-14)23-17(27)11-20/h2-7,10H,8-9,11H2,1H3,(H,23,27). The highest BCUT2D eigenvalue weighted by molar-refractivity contribution is 7.98. The maximum Gasteiger partial charge on any atom is 0.336 e. The van der Waals surface area contributed by atoms with Crippen molar-refractivity contribution in [3.05, 3.63) is 52.5 Å². The summed E-state index contributed by atoms with van der Waals surface area (Å²) in [5.74, 6) is 0.996. The highest BCUT2D eigenvalue weighted by atomic mass is 35.5. The van der Waals surface area contributed by atoms with E-state index in [1.807, 2.05) is 24.5 Å². The summed E-state index contributed by atoms with van der Waals surface area (Å²) in [5.41, 5.74) is 2.11. The fraction of sp³-hybridized carbons (Fsp3) is 0.211. The molecule has 0 aliphatic heterocycles. The van der Waals surface area contributed by atoms with E-state index in [0.29, 0.717) is 28.2 Å². The molecule has 3 aromatic rings. The first-order valence-corrected chi connectivity index (χ1v) is 11.2. The molecular weight excluding hydrogens is 455 g/mol. The minimum atomic E-state index is -0.277. The number of rotatable bonds is 8. The Morgan fingerprint density at radius 3 is 2.59 bits per heavy atom. The molecule has 0 saturated heterocycles. The fourth-order valence-corrected chi connectivity index (χ4v) is 3.07. The molecule has 1 aromatic heterocycles. The number of amides is 1. The number of hydrogen-bond acceptors (Lipinski definition) is 5. The molecule has 29 heavy (non-hydrogen) atoms. The van der Waals surface area contributed by atoms with Crippen LogP contribution in [0, 0.1) is 0 Å². The first-order chi connectivity index (χ1) is 14.0. The summed E-state index contributed by atoms with van der Waals surface area (Å²) < 4.78 is 7.31. The van der Waals surface area contributed by atoms with E-state index in [2.05, 4.69) is 15.4 Å². The predicted octanol–water partition coefficient (Wildman–Crippen LogP) is 5.16. The van der Waals surface area contributed by atoms with Gasteiger partial charge >= 0.3 is 6.01 Å². The lowest BCUT2D eigenvalue weighted by atomic mass is 10.2. The van der Waals surface area contributed by atoms with E-state index >= 15 is 0 Å². The Hall–Kier alpha value is -1.93. The number of carbonyl (C=O) groups is 1. The number of ether oxygens (including phenoxy) is 1. The number of alkyl halides is 1. The molecule has 0 unspecified atom stereocenters. The minimum Gasteiger partial charge on any atom is -0.461 e. The van der Waals surface area contributed by atoms with Crippen LogP contribution in [0.15, 0.2) is 42.5 Å². The molecule has 152 valence electrons. The molecule has 10 heteroatoms. The normalized spacial score (nSPS) is 10.8. The van der Waals surface area contributed by atoms with Gasteiger partial charge in [0.2, 0.25) is 5.91 Å². The summed E-state index contributed by atoms with van der Waals surface area (Å²) in [6.07, 6.45) is 2.00. The van der Waals surface area contributed by atoms with Gasteiger partial charge < -0.3 is 10.1 Å². The topological polar surface area (TPSA) is 69.0 Å². The van der Waals surface area contributed by atoms with Crippen LogP contribution in [0.3, 0.4) is 0 Å². The first kappa shape index (κ1) is 21.8. The monoisotopic (exact) mass is 470 g/mol. The smallest absolute Gasteiger partial charge is 0.336 e. The average Bonchev–Trinajstić information content (AvgIpc) is 3.15. The molecule has 0 aliphatic carbocycles. The van der Waals surface area contributed by atoms with Crippen molar-refractivity contribution >= 4 is 58.2 Å². The molecule has 0 bridgehead atoms. The van der Waals surface area contributed by atoms with Gasteiger partial charge in [0.25, 0.3) is 0 Å². The van der Waals surface area contributed by atoms with Crippen molar-refractivity contribution in [2.45, 2.75) is 0 Å². The molecule has 3 rings (SSSR count). The van der Waals surface area contributed by atoms with Crippen molar-refractivity contribution in [2.24, 2.45) is 0 Å². The number of carbonyl (C=O) groups excluding carboxylic acids is 1. The van der Waals surface area contributed by atoms with Gasteiger partial charge in [-0.3, -0.25) is 4.79 Å². The number of halogens is 3. The van der Waals surface area contributed by atoms with Crippen LogP contribution in [-0.4, -0.2) is 45.2 Å². The van der Waals surface area contributed by atoms with Crippen molar-refractivity contribution in [3.8, 4) is 23.1 Å². The van der Waals surface area contributed by atoms with Crippen LogP contribution in [-0.2, 0) is 4.79 Å². The molecule has 0 atom stereocenters. The summed E-state index contributed by atoms with van der Waals surface area (Å²) in [6.45, 7) is 0.495. The van der Waals surface area contributed by atoms with Crippen LogP contribution in [0.1, 0.15) is 0 Å². The van der Waals surface area contributed by atoms with Gasteiger partial charge in [-0.1, -0.05) is 23.2 Å². The molecule has 6 nitrogen and oxygen atoms in total. The number of hydrogen-bond donors (Lipinski definition) is 1. The second kappa shape index (κ2) is 10.2. The molecule has 1 N–H and O–H groups in total. The average molecular weight is 472 g/mol. The third kappa shape index (κ3) is 5.57. The molecule has 0 radical (unpaired) electrons. The van der Waals surface area contributed by atoms with Crippen molar-refractivity contribution < 1.29 is 9.53 Å². The van der Waals surface area contributed by atoms with E-state index in [9.17, 15) is 4.79 Å². The van der Waals surface area contributed by atoms with Gasteiger partial charge in [-0.25, -0.2) is 4.68 Å². The Kier molecular flexibility index (Phi) is 7.66. The third-order valence-electron chi connectivity index (χ3n) is 3.80. The molecule has 1 amide bonds. The molecule has 0 fully saturated rings. The molecule has 2 aromatic carbocycles. The van der Waals surface area contributed by atoms with Gasteiger partial charge in [-0.15, -0.1) is 16.7 Å². The largest absolute Gasteiger partial charge is 0.461 e. The van der Waals surface area contributed by atoms with Crippen LogP contribution in [0.4, 0.5) is 5.69 Å². The lowest BCUT2D eigenvalue weighted by molar-refractivity contribution is -0.113. The van der Waals surface area contributed by atoms with Crippen LogP contribution in [0.25, 0.3) is 17.1 Å². The summed E-state index contributed by atoms with van der Waals surface area (Å²) in [4.78, 5) is 16.0. The third-order valence-corrected chi connectivity index (χ3v) is 5.36. The van der Waals surface area contributed by atoms with E-state index in [1.165, 1.54) is 0 Å². The Bertz CT molecular complexity index is 996. The van der Waals surface area contributed by atoms with Crippen molar-refractivity contribution in [1.82, 2.24) is 14.8 Å². The van der Waals surface area contributed by atoms with Gasteiger partial charge in [0.15, 0.2) is 5.82 Å². The highest BCUT2D eigenvalue weighted by Crippen LogP contribution is 2.30. The zero-order valence-electron chi connectivity index (χ0n) is 15.4. The minimum absolute atomic E-state index is 0.108. The Morgan fingerprint density at radius 1 is 1.17 bits per heavy atom. The van der Waals surface area contributed by atoms with Crippen LogP contribution < -0.4 is 10.1 Å². The summed E-state index contributed by atoms with van der Waals surface area (Å²) >= 11 is 19.4. The van der Waals surface area contributed by atoms with Gasteiger partial charge in [0.05, 0.1) is 15.7 Å². The van der Waals surface area contributed by atoms with E-state index in [-0.39, 0.29) is 17.8 Å².